The Balaban J connectivity index is 0. The molecule has 11 heteroatoms. The molecule has 2 fully saturated rings. The van der Waals surface area contributed by atoms with Crippen LogP contribution < -0.4 is 10.9 Å². The van der Waals surface area contributed by atoms with Crippen LogP contribution in [0.2, 0.25) is 0 Å². The van der Waals surface area contributed by atoms with E-state index < -0.39 is 32.4 Å². The van der Waals surface area contributed by atoms with Gasteiger partial charge in [-0.15, -0.1) is 0 Å². The van der Waals surface area contributed by atoms with E-state index in [-0.39, 0.29) is 33.2 Å². The quantitative estimate of drug-likeness (QED) is 0.617. The van der Waals surface area contributed by atoms with Gasteiger partial charge in [-0.3, -0.25) is 14.2 Å². The molecule has 0 aliphatic carbocycles. The lowest BCUT2D eigenvalue weighted by atomic mass is 9.82. The highest BCUT2D eigenvalue weighted by Crippen LogP contribution is 2.37. The van der Waals surface area contributed by atoms with Gasteiger partial charge in [-0.05, 0) is 55.4 Å². The molecule has 2 saturated heterocycles. The first kappa shape index (κ1) is 27.9. The van der Waals surface area contributed by atoms with Crippen LogP contribution >= 0.6 is 0 Å². The van der Waals surface area contributed by atoms with Gasteiger partial charge < -0.3 is 18.6 Å². The van der Waals surface area contributed by atoms with Gasteiger partial charge in [-0.25, -0.2) is 0 Å². The maximum atomic E-state index is 9.96. The zero-order chi connectivity index (χ0) is 28.9. The van der Waals surface area contributed by atoms with Crippen LogP contribution in [0.4, 0.5) is 4.39 Å². The van der Waals surface area contributed by atoms with Crippen LogP contribution in [0.1, 0.15) is 89.6 Å². The number of nitrogens with one attached hydrogen (secondary N) is 1. The van der Waals surface area contributed by atoms with Gasteiger partial charge in [-0.2, -0.15) is 10.2 Å². The van der Waals surface area contributed by atoms with Gasteiger partial charge in [-0.1, -0.05) is 28.7 Å². The maximum Gasteiger partial charge on any atom is 0.498 e. The number of rotatable bonds is 2. The van der Waals surface area contributed by atoms with E-state index >= 15 is 0 Å². The number of hydrogen-bond donors (Lipinski definition) is 1. The summed E-state index contributed by atoms with van der Waals surface area (Å²) in [6.45, 7) is 17.6. The Morgan fingerprint density at radius 2 is 1.23 bits per heavy atom. The van der Waals surface area contributed by atoms with Crippen molar-refractivity contribution in [2.75, 3.05) is 7.15 Å². The molecular formula is C24H49B2FN4O4. The Hall–Kier alpha value is -1.68. The highest BCUT2D eigenvalue weighted by atomic mass is 19.1. The largest absolute Gasteiger partial charge is 0.498 e. The summed E-state index contributed by atoms with van der Waals surface area (Å²) >= 11 is 0. The molecule has 0 aromatic carbocycles. The summed E-state index contributed by atoms with van der Waals surface area (Å²) in [5.41, 5.74) is 0.0945. The Labute approximate surface area is 219 Å². The molecule has 2 aromatic rings. The highest BCUT2D eigenvalue weighted by molar-refractivity contribution is 6.62. The number of aromatic amines is 1. The van der Waals surface area contributed by atoms with Crippen molar-refractivity contribution in [3.05, 3.63) is 24.8 Å². The fourth-order valence-corrected chi connectivity index (χ4v) is 2.81. The molecule has 0 saturated carbocycles. The molecule has 1 N–H and O–H groups in total. The van der Waals surface area contributed by atoms with Crippen molar-refractivity contribution in [2.24, 2.45) is 6.98 Å². The van der Waals surface area contributed by atoms with Crippen LogP contribution in [-0.4, -0.2) is 63.8 Å². The first-order valence-electron chi connectivity index (χ1n) is 13.2. The molecular weight excluding hydrogens is 449 g/mol. The van der Waals surface area contributed by atoms with E-state index in [2.05, 4.69) is 15.3 Å². The van der Waals surface area contributed by atoms with Crippen LogP contribution in [0.5, 0.6) is 0 Å². The molecule has 4 heterocycles. The standard InChI is InChI=1S/C10H17BN2O2.C9H15BN2O2.C2H6.CH3F.2CH4/c1-9(2)10(3,4)15-11(14-9)8-6-12-13(5)7-8;1-8(2)9(3,4)14-10(13-8)7-5-11-12-6-7;2*1-2;;/h6-7H,1-5H3;5-6H,1-4H3,(H,11,12);1-2H3;1H3;2*1H4/i5D3;;;1D;;. The van der Waals surface area contributed by atoms with E-state index in [9.17, 15) is 4.39 Å². The predicted molar refractivity (Wildman–Crippen MR) is 145 cm³/mol. The Morgan fingerprint density at radius 3 is 1.54 bits per heavy atom. The van der Waals surface area contributed by atoms with Crippen molar-refractivity contribution >= 4 is 25.2 Å². The van der Waals surface area contributed by atoms with E-state index in [1.165, 1.54) is 12.4 Å². The van der Waals surface area contributed by atoms with E-state index in [0.717, 1.165) is 10.1 Å². The second-order valence-electron chi connectivity index (χ2n) is 9.43. The Bertz CT molecular complexity index is 926. The number of nitrogens with zero attached hydrogens (tertiary/aromatic N) is 3. The first-order chi connectivity index (χ1) is 16.9. The Morgan fingerprint density at radius 1 is 0.829 bits per heavy atom. The van der Waals surface area contributed by atoms with Crippen molar-refractivity contribution in [1.82, 2.24) is 20.0 Å². The fourth-order valence-electron chi connectivity index (χ4n) is 2.81. The summed E-state index contributed by atoms with van der Waals surface area (Å²) < 4.78 is 61.5. The SMILES string of the molecule is C.C.CC.CC1(C)OB(c2cn[nH]c2)OC1(C)C.[2H]C([2H])([2H])n1cc(B2OC(C)(C)C(C)(C)O2)cn1.[2H]CF. The Kier molecular flexibility index (Phi) is 10.8. The van der Waals surface area contributed by atoms with Gasteiger partial charge in [0.1, 0.15) is 0 Å². The number of aryl methyl sites for hydroxylation is 1. The average molecular weight is 502 g/mol. The smallest absolute Gasteiger partial charge is 0.399 e. The van der Waals surface area contributed by atoms with E-state index in [1.54, 1.807) is 12.4 Å². The second kappa shape index (κ2) is 13.6. The molecule has 2 aromatic heterocycles. The third kappa shape index (κ3) is 8.17. The molecule has 2 aliphatic rings. The number of halogens is 1. The van der Waals surface area contributed by atoms with Gasteiger partial charge in [0.25, 0.3) is 0 Å². The number of hydrogen-bond acceptors (Lipinski definition) is 6. The summed E-state index contributed by atoms with van der Waals surface area (Å²) in [6, 6.07) is 0. The zero-order valence-electron chi connectivity index (χ0n) is 25.5. The molecule has 0 bridgehead atoms. The minimum absolute atomic E-state index is 0. The lowest BCUT2D eigenvalue weighted by molar-refractivity contribution is 0.00578. The summed E-state index contributed by atoms with van der Waals surface area (Å²) in [4.78, 5) is 0. The third-order valence-corrected chi connectivity index (χ3v) is 6.17. The molecule has 0 spiro atoms. The third-order valence-electron chi connectivity index (χ3n) is 6.17. The summed E-state index contributed by atoms with van der Waals surface area (Å²) in [5, 5.41) is 10.5. The van der Waals surface area contributed by atoms with Crippen LogP contribution in [0.15, 0.2) is 24.8 Å². The first-order valence-corrected chi connectivity index (χ1v) is 11.0. The topological polar surface area (TPSA) is 83.4 Å². The van der Waals surface area contributed by atoms with Gasteiger partial charge in [0.05, 0.1) is 30.9 Å². The summed E-state index contributed by atoms with van der Waals surface area (Å²) in [7, 11) is -1.88. The van der Waals surface area contributed by atoms with Crippen LogP contribution in [0.25, 0.3) is 0 Å². The number of alkyl halides is 1. The lowest BCUT2D eigenvalue weighted by Gasteiger charge is -2.32. The molecule has 4 rings (SSSR count). The monoisotopic (exact) mass is 502 g/mol. The highest BCUT2D eigenvalue weighted by Gasteiger charge is 2.53. The van der Waals surface area contributed by atoms with Gasteiger partial charge >= 0.3 is 14.2 Å². The number of aromatic nitrogens is 4. The van der Waals surface area contributed by atoms with Gasteiger partial charge in [0, 0.05) is 46.8 Å². The van der Waals surface area contributed by atoms with Crippen molar-refractivity contribution in [3.8, 4) is 0 Å². The fraction of sp³-hybridized carbons (Fsp3) is 0.750. The van der Waals surface area contributed by atoms with E-state index in [4.69, 9.17) is 24.1 Å². The zero-order valence-corrected chi connectivity index (χ0v) is 21.5. The van der Waals surface area contributed by atoms with Gasteiger partial charge in [0.15, 0.2) is 0 Å². The molecule has 0 unspecified atom stereocenters. The minimum atomic E-state index is -2.28. The van der Waals surface area contributed by atoms with Crippen molar-refractivity contribution in [1.29, 1.82) is 0 Å². The van der Waals surface area contributed by atoms with Crippen LogP contribution in [0.3, 0.4) is 0 Å². The van der Waals surface area contributed by atoms with Gasteiger partial charge in [0.2, 0.25) is 0 Å². The van der Waals surface area contributed by atoms with Crippen LogP contribution in [0, 0.1) is 0 Å². The van der Waals surface area contributed by atoms with E-state index in [0.29, 0.717) is 5.46 Å². The van der Waals surface area contributed by atoms with Crippen molar-refractivity contribution < 1.29 is 28.5 Å². The van der Waals surface area contributed by atoms with Crippen molar-refractivity contribution in [2.45, 2.75) is 106 Å². The molecule has 0 amide bonds. The average Bonchev–Trinajstić information content (AvgIpc) is 3.52. The number of H-pyrrole nitrogens is 1. The molecule has 0 atom stereocenters. The molecule has 35 heavy (non-hydrogen) atoms. The minimum Gasteiger partial charge on any atom is -0.399 e. The normalized spacial score (nSPS) is 22.0. The predicted octanol–water partition coefficient (Wildman–Crippen LogP) is 4.31. The molecule has 0 radical (unpaired) electrons. The summed E-state index contributed by atoms with van der Waals surface area (Å²) in [5.74, 6) is 0. The lowest BCUT2D eigenvalue weighted by Crippen LogP contribution is -2.41. The second-order valence-corrected chi connectivity index (χ2v) is 9.43. The van der Waals surface area contributed by atoms with E-state index in [1.807, 2.05) is 69.2 Å². The van der Waals surface area contributed by atoms with Crippen molar-refractivity contribution in [3.63, 3.8) is 0 Å². The molecule has 202 valence electrons. The molecule has 2 aliphatic heterocycles. The van der Waals surface area contributed by atoms with Crippen LogP contribution in [-0.2, 0) is 25.6 Å². The maximum absolute atomic E-state index is 9.96. The summed E-state index contributed by atoms with van der Waals surface area (Å²) in [6.07, 6.45) is 6.42. The molecule has 8 nitrogen and oxygen atoms in total.